The summed E-state index contributed by atoms with van der Waals surface area (Å²) in [5.74, 6) is 0. The van der Waals surface area contributed by atoms with E-state index < -0.39 is 5.60 Å². The van der Waals surface area contributed by atoms with Gasteiger partial charge in [0.1, 0.15) is 11.3 Å². The predicted octanol–water partition coefficient (Wildman–Crippen LogP) is 1.52. The molecule has 6 heteroatoms. The van der Waals surface area contributed by atoms with Gasteiger partial charge in [-0.1, -0.05) is 0 Å². The van der Waals surface area contributed by atoms with Crippen molar-refractivity contribution < 1.29 is 14.3 Å². The van der Waals surface area contributed by atoms with E-state index in [-0.39, 0.29) is 6.09 Å². The molecule has 98 valence electrons. The van der Waals surface area contributed by atoms with Gasteiger partial charge in [-0.15, -0.1) is 0 Å². The predicted molar refractivity (Wildman–Crippen MR) is 64.3 cm³/mol. The van der Waals surface area contributed by atoms with Crippen LogP contribution in [-0.4, -0.2) is 39.6 Å². The molecule has 2 heterocycles. The van der Waals surface area contributed by atoms with Crippen LogP contribution < -0.4 is 0 Å². The zero-order valence-electron chi connectivity index (χ0n) is 10.8. The Morgan fingerprint density at radius 2 is 2.22 bits per heavy atom. The molecule has 1 N–H and O–H groups in total. The number of nitrogens with zero attached hydrogens (tertiary/aromatic N) is 2. The first-order chi connectivity index (χ1) is 8.40. The number of hydrogen-bond acceptors (Lipinski definition) is 4. The zero-order valence-corrected chi connectivity index (χ0v) is 10.8. The van der Waals surface area contributed by atoms with E-state index in [0.717, 1.165) is 11.3 Å². The molecule has 1 aliphatic rings. The molecule has 1 aliphatic heterocycles. The highest BCUT2D eigenvalue weighted by atomic mass is 16.6. The van der Waals surface area contributed by atoms with Crippen molar-refractivity contribution in [3.63, 3.8) is 0 Å². The van der Waals surface area contributed by atoms with Crippen LogP contribution in [0.15, 0.2) is 0 Å². The number of carbonyl (C=O) groups excluding carboxylic acids is 2. The molecular formula is C12H17N3O3. The lowest BCUT2D eigenvalue weighted by Gasteiger charge is -2.29. The van der Waals surface area contributed by atoms with Crippen molar-refractivity contribution in [3.05, 3.63) is 17.0 Å². The van der Waals surface area contributed by atoms with Gasteiger partial charge in [-0.2, -0.15) is 5.10 Å². The molecule has 0 saturated carbocycles. The van der Waals surface area contributed by atoms with Crippen LogP contribution in [0, 0.1) is 0 Å². The molecule has 1 amide bonds. The number of hydrogen-bond donors (Lipinski definition) is 1. The third-order valence-electron chi connectivity index (χ3n) is 2.73. The van der Waals surface area contributed by atoms with Crippen LogP contribution in [-0.2, 0) is 17.7 Å². The highest BCUT2D eigenvalue weighted by Gasteiger charge is 2.28. The number of rotatable bonds is 1. The van der Waals surface area contributed by atoms with Gasteiger partial charge in [0.2, 0.25) is 0 Å². The van der Waals surface area contributed by atoms with E-state index in [1.165, 1.54) is 0 Å². The van der Waals surface area contributed by atoms with Crippen LogP contribution in [0.3, 0.4) is 0 Å². The number of aromatic nitrogens is 2. The number of H-pyrrole nitrogens is 1. The number of carbonyl (C=O) groups is 2. The third kappa shape index (κ3) is 2.52. The molecular weight excluding hydrogens is 234 g/mol. The highest BCUT2D eigenvalue weighted by molar-refractivity contribution is 5.76. The van der Waals surface area contributed by atoms with E-state index in [2.05, 4.69) is 10.2 Å². The number of ether oxygens (including phenoxy) is 1. The van der Waals surface area contributed by atoms with Crippen molar-refractivity contribution >= 4 is 12.4 Å². The molecule has 0 spiro atoms. The molecule has 18 heavy (non-hydrogen) atoms. The van der Waals surface area contributed by atoms with E-state index >= 15 is 0 Å². The minimum Gasteiger partial charge on any atom is -0.444 e. The highest BCUT2D eigenvalue weighted by Crippen LogP contribution is 2.21. The van der Waals surface area contributed by atoms with Gasteiger partial charge in [0.05, 0.1) is 6.54 Å². The summed E-state index contributed by atoms with van der Waals surface area (Å²) in [6.07, 6.45) is 1.01. The van der Waals surface area contributed by atoms with E-state index in [1.54, 1.807) is 4.90 Å². The maximum atomic E-state index is 11.9. The van der Waals surface area contributed by atoms with Gasteiger partial charge in [-0.05, 0) is 20.8 Å². The molecule has 0 saturated heterocycles. The second kappa shape index (κ2) is 4.44. The standard InChI is InChI=1S/C12H17N3O3/c1-12(2,3)18-11(17)15-5-4-9-8(6-15)10(7-16)14-13-9/h7H,4-6H2,1-3H3,(H,13,14). The minimum atomic E-state index is -0.513. The second-order valence-electron chi connectivity index (χ2n) is 5.34. The Bertz CT molecular complexity index is 473. The molecule has 0 aromatic carbocycles. The number of aromatic amines is 1. The molecule has 0 unspecified atom stereocenters. The normalized spacial score (nSPS) is 15.2. The van der Waals surface area contributed by atoms with Crippen molar-refractivity contribution in [1.29, 1.82) is 0 Å². The van der Waals surface area contributed by atoms with E-state index in [4.69, 9.17) is 4.74 Å². The van der Waals surface area contributed by atoms with Crippen LogP contribution in [0.4, 0.5) is 4.79 Å². The summed E-state index contributed by atoms with van der Waals surface area (Å²) in [6.45, 7) is 6.43. The Morgan fingerprint density at radius 1 is 1.50 bits per heavy atom. The lowest BCUT2D eigenvalue weighted by molar-refractivity contribution is 0.0223. The fraction of sp³-hybridized carbons (Fsp3) is 0.583. The van der Waals surface area contributed by atoms with Crippen molar-refractivity contribution in [2.75, 3.05) is 6.54 Å². The summed E-state index contributed by atoms with van der Waals surface area (Å²) in [5, 5.41) is 6.74. The molecule has 0 radical (unpaired) electrons. The smallest absolute Gasteiger partial charge is 0.410 e. The second-order valence-corrected chi connectivity index (χ2v) is 5.34. The molecule has 2 rings (SSSR count). The van der Waals surface area contributed by atoms with Gasteiger partial charge in [0, 0.05) is 24.2 Å². The monoisotopic (exact) mass is 251 g/mol. The van der Waals surface area contributed by atoms with E-state index in [0.29, 0.717) is 31.5 Å². The summed E-state index contributed by atoms with van der Waals surface area (Å²) in [7, 11) is 0. The van der Waals surface area contributed by atoms with Gasteiger partial charge < -0.3 is 9.64 Å². The Hall–Kier alpha value is -1.85. The first-order valence-corrected chi connectivity index (χ1v) is 5.90. The molecule has 1 aromatic rings. The number of fused-ring (bicyclic) bond motifs is 1. The first-order valence-electron chi connectivity index (χ1n) is 5.90. The molecule has 0 aliphatic carbocycles. The quantitative estimate of drug-likeness (QED) is 0.768. The zero-order chi connectivity index (χ0) is 13.3. The van der Waals surface area contributed by atoms with Crippen LogP contribution >= 0.6 is 0 Å². The Kier molecular flexibility index (Phi) is 3.11. The first kappa shape index (κ1) is 12.6. The van der Waals surface area contributed by atoms with Crippen LogP contribution in [0.2, 0.25) is 0 Å². The fourth-order valence-electron chi connectivity index (χ4n) is 1.90. The molecule has 1 aromatic heterocycles. The van der Waals surface area contributed by atoms with Crippen LogP contribution in [0.5, 0.6) is 0 Å². The number of nitrogens with one attached hydrogen (secondary N) is 1. The Labute approximate surface area is 105 Å². The number of amides is 1. The summed E-state index contributed by atoms with van der Waals surface area (Å²) in [5.41, 5.74) is 1.58. The van der Waals surface area contributed by atoms with E-state index in [1.807, 2.05) is 20.8 Å². The van der Waals surface area contributed by atoms with Gasteiger partial charge in [0.15, 0.2) is 6.29 Å². The SMILES string of the molecule is CC(C)(C)OC(=O)N1CCc2[nH]nc(C=O)c2C1. The summed E-state index contributed by atoms with van der Waals surface area (Å²) in [6, 6.07) is 0. The van der Waals surface area contributed by atoms with Gasteiger partial charge in [-0.25, -0.2) is 4.79 Å². The third-order valence-corrected chi connectivity index (χ3v) is 2.73. The molecule has 0 atom stereocenters. The average molecular weight is 251 g/mol. The number of aldehydes is 1. The molecule has 0 fully saturated rings. The lowest BCUT2D eigenvalue weighted by Crippen LogP contribution is -2.40. The van der Waals surface area contributed by atoms with E-state index in [9.17, 15) is 9.59 Å². The topological polar surface area (TPSA) is 75.3 Å². The van der Waals surface area contributed by atoms with Gasteiger partial charge >= 0.3 is 6.09 Å². The maximum Gasteiger partial charge on any atom is 0.410 e. The van der Waals surface area contributed by atoms with Crippen LogP contribution in [0.25, 0.3) is 0 Å². The molecule has 6 nitrogen and oxygen atoms in total. The van der Waals surface area contributed by atoms with Gasteiger partial charge in [0.25, 0.3) is 0 Å². The van der Waals surface area contributed by atoms with Crippen molar-refractivity contribution in [1.82, 2.24) is 15.1 Å². The van der Waals surface area contributed by atoms with Crippen LogP contribution in [0.1, 0.15) is 42.5 Å². The van der Waals surface area contributed by atoms with Gasteiger partial charge in [-0.3, -0.25) is 9.89 Å². The lowest BCUT2D eigenvalue weighted by atomic mass is 10.1. The Morgan fingerprint density at radius 3 is 2.83 bits per heavy atom. The summed E-state index contributed by atoms with van der Waals surface area (Å²) >= 11 is 0. The largest absolute Gasteiger partial charge is 0.444 e. The summed E-state index contributed by atoms with van der Waals surface area (Å²) < 4.78 is 5.31. The fourth-order valence-corrected chi connectivity index (χ4v) is 1.90. The average Bonchev–Trinajstić information content (AvgIpc) is 2.68. The maximum absolute atomic E-state index is 11.9. The minimum absolute atomic E-state index is 0.355. The summed E-state index contributed by atoms with van der Waals surface area (Å²) in [4.78, 5) is 24.4. The van der Waals surface area contributed by atoms with Crippen molar-refractivity contribution in [2.45, 2.75) is 39.3 Å². The van der Waals surface area contributed by atoms with Crippen molar-refractivity contribution in [3.8, 4) is 0 Å². The van der Waals surface area contributed by atoms with Crippen molar-refractivity contribution in [2.24, 2.45) is 0 Å². The Balaban J connectivity index is 2.11. The molecule has 0 bridgehead atoms.